The van der Waals surface area contributed by atoms with E-state index in [0.717, 1.165) is 16.8 Å². The van der Waals surface area contributed by atoms with Gasteiger partial charge in [-0.05, 0) is 64.9 Å². The van der Waals surface area contributed by atoms with E-state index in [1.807, 2.05) is 59.9 Å². The van der Waals surface area contributed by atoms with E-state index in [1.165, 1.54) is 34.4 Å². The van der Waals surface area contributed by atoms with E-state index in [4.69, 9.17) is 4.74 Å². The van der Waals surface area contributed by atoms with E-state index in [-0.39, 0.29) is 11.8 Å². The molecule has 6 heteroatoms. The van der Waals surface area contributed by atoms with Gasteiger partial charge >= 0.3 is 0 Å². The second-order valence-corrected chi connectivity index (χ2v) is 11.1. The molecule has 2 N–H and O–H groups in total. The first kappa shape index (κ1) is 22.9. The van der Waals surface area contributed by atoms with Crippen molar-refractivity contribution in [2.75, 3.05) is 25.2 Å². The zero-order valence-corrected chi connectivity index (χ0v) is 20.8. The average molecular weight is 489 g/mol. The number of fused-ring (bicyclic) bond motifs is 1. The number of H-pyrrole nitrogens is 1. The van der Waals surface area contributed by atoms with Crippen LogP contribution in [0.15, 0.2) is 79.0 Å². The first-order valence-corrected chi connectivity index (χ1v) is 13.6. The Bertz CT molecular complexity index is 1250. The number of rotatable bonds is 7. The summed E-state index contributed by atoms with van der Waals surface area (Å²) in [7, 11) is 1.67. The van der Waals surface area contributed by atoms with Gasteiger partial charge in [0.15, 0.2) is 0 Å². The van der Waals surface area contributed by atoms with Crippen LogP contribution in [-0.4, -0.2) is 36.1 Å². The minimum atomic E-state index is -0.0474. The number of aromatic nitrogens is 1. The molecule has 5 rings (SSSR count). The molecule has 34 heavy (non-hydrogen) atoms. The number of ether oxygens (including phenoxy) is 1. The summed E-state index contributed by atoms with van der Waals surface area (Å²) in [6.45, 7) is 0.503. The monoisotopic (exact) mass is 488 g/mol. The van der Waals surface area contributed by atoms with E-state index in [0.29, 0.717) is 16.7 Å². The highest BCUT2D eigenvalue weighted by Gasteiger charge is 2.20. The summed E-state index contributed by atoms with van der Waals surface area (Å²) >= 11 is 3.99. The maximum atomic E-state index is 13.1. The Morgan fingerprint density at radius 1 is 1.03 bits per heavy atom. The molecule has 1 amide bonds. The third kappa shape index (κ3) is 4.98. The van der Waals surface area contributed by atoms with Crippen molar-refractivity contribution in [2.24, 2.45) is 0 Å². The zero-order valence-electron chi connectivity index (χ0n) is 19.1. The number of aromatic amines is 1. The number of carbonyl (C=O) groups excluding carboxylic acids is 1. The van der Waals surface area contributed by atoms with Crippen molar-refractivity contribution in [1.29, 1.82) is 0 Å². The molecule has 1 aromatic heterocycles. The molecule has 4 aromatic rings. The van der Waals surface area contributed by atoms with Crippen LogP contribution in [0, 0.1) is 0 Å². The van der Waals surface area contributed by atoms with Crippen molar-refractivity contribution in [3.05, 3.63) is 101 Å². The molecule has 1 aliphatic rings. The summed E-state index contributed by atoms with van der Waals surface area (Å²) in [5, 5.41) is 4.35. The summed E-state index contributed by atoms with van der Waals surface area (Å²) in [5.74, 6) is 3.20. The number of thioether (sulfide) groups is 2. The van der Waals surface area contributed by atoms with Crippen molar-refractivity contribution in [3.8, 4) is 5.75 Å². The second kappa shape index (κ2) is 10.6. The van der Waals surface area contributed by atoms with Gasteiger partial charge in [0.25, 0.3) is 5.91 Å². The third-order valence-electron chi connectivity index (χ3n) is 6.25. The summed E-state index contributed by atoms with van der Waals surface area (Å²) in [6.07, 6.45) is 3.33. The fourth-order valence-corrected chi connectivity index (χ4v) is 7.29. The molecule has 1 saturated heterocycles. The fraction of sp³-hybridized carbons (Fsp3) is 0.250. The molecule has 0 aliphatic carbocycles. The Balaban J connectivity index is 1.35. The van der Waals surface area contributed by atoms with Gasteiger partial charge in [0.05, 0.1) is 11.7 Å². The van der Waals surface area contributed by atoms with E-state index < -0.39 is 0 Å². The van der Waals surface area contributed by atoms with Crippen LogP contribution in [0.2, 0.25) is 0 Å². The van der Waals surface area contributed by atoms with Crippen LogP contribution in [0.25, 0.3) is 10.9 Å². The largest absolute Gasteiger partial charge is 0.497 e. The van der Waals surface area contributed by atoms with Gasteiger partial charge in [-0.25, -0.2) is 0 Å². The van der Waals surface area contributed by atoms with Crippen LogP contribution in [-0.2, 0) is 0 Å². The van der Waals surface area contributed by atoms with Gasteiger partial charge in [0, 0.05) is 35.1 Å². The topological polar surface area (TPSA) is 54.1 Å². The van der Waals surface area contributed by atoms with E-state index in [2.05, 4.69) is 52.9 Å². The van der Waals surface area contributed by atoms with Crippen molar-refractivity contribution >= 4 is 40.3 Å². The number of benzene rings is 3. The van der Waals surface area contributed by atoms with Gasteiger partial charge in [0.2, 0.25) is 0 Å². The van der Waals surface area contributed by atoms with Crippen LogP contribution in [0.1, 0.15) is 44.0 Å². The Morgan fingerprint density at radius 3 is 2.50 bits per heavy atom. The number of methoxy groups -OCH3 is 1. The lowest BCUT2D eigenvalue weighted by Crippen LogP contribution is -2.28. The van der Waals surface area contributed by atoms with E-state index >= 15 is 0 Å². The van der Waals surface area contributed by atoms with Crippen molar-refractivity contribution in [3.63, 3.8) is 0 Å². The smallest absolute Gasteiger partial charge is 0.251 e. The van der Waals surface area contributed by atoms with Crippen molar-refractivity contribution in [2.45, 2.75) is 16.9 Å². The maximum absolute atomic E-state index is 13.1. The van der Waals surface area contributed by atoms with Crippen LogP contribution < -0.4 is 10.1 Å². The Morgan fingerprint density at radius 2 is 1.76 bits per heavy atom. The van der Waals surface area contributed by atoms with Gasteiger partial charge in [-0.3, -0.25) is 4.79 Å². The minimum Gasteiger partial charge on any atom is -0.497 e. The number of carbonyl (C=O) groups is 1. The summed E-state index contributed by atoms with van der Waals surface area (Å²) in [4.78, 5) is 16.4. The average Bonchev–Trinajstić information content (AvgIpc) is 3.34. The molecule has 1 atom stereocenters. The molecule has 0 saturated carbocycles. The molecule has 0 bridgehead atoms. The number of amides is 1. The lowest BCUT2D eigenvalue weighted by molar-refractivity contribution is 0.0952. The van der Waals surface area contributed by atoms with Gasteiger partial charge in [-0.1, -0.05) is 42.5 Å². The first-order valence-electron chi connectivity index (χ1n) is 11.5. The van der Waals surface area contributed by atoms with E-state index in [9.17, 15) is 4.79 Å². The van der Waals surface area contributed by atoms with Crippen LogP contribution in [0.5, 0.6) is 5.75 Å². The molecule has 174 valence electrons. The fourth-order valence-electron chi connectivity index (χ4n) is 4.39. The number of hydrogen-bond donors (Lipinski definition) is 2. The SMILES string of the molecule is COc1ccc(C(CNC(=O)c2ccc(C3SCCCS3)cc2)c2c[nH]c3ccccc23)cc1. The summed E-state index contributed by atoms with van der Waals surface area (Å²) < 4.78 is 5.82. The zero-order chi connectivity index (χ0) is 23.3. The van der Waals surface area contributed by atoms with Crippen LogP contribution >= 0.6 is 23.5 Å². The predicted octanol–water partition coefficient (Wildman–Crippen LogP) is 6.61. The molecule has 2 heterocycles. The lowest BCUT2D eigenvalue weighted by atomic mass is 9.90. The highest BCUT2D eigenvalue weighted by atomic mass is 32.2. The molecule has 0 spiro atoms. The quantitative estimate of drug-likeness (QED) is 0.307. The van der Waals surface area contributed by atoms with Crippen molar-refractivity contribution < 1.29 is 9.53 Å². The van der Waals surface area contributed by atoms with Gasteiger partial charge in [-0.2, -0.15) is 0 Å². The van der Waals surface area contributed by atoms with Crippen molar-refractivity contribution in [1.82, 2.24) is 10.3 Å². The second-order valence-electron chi connectivity index (χ2n) is 8.37. The molecule has 1 fully saturated rings. The Hall–Kier alpha value is -2.83. The number of hydrogen-bond acceptors (Lipinski definition) is 4. The summed E-state index contributed by atoms with van der Waals surface area (Å²) in [6, 6.07) is 24.5. The highest BCUT2D eigenvalue weighted by Crippen LogP contribution is 2.43. The standard InChI is InChI=1S/C28H28N2O2S2/c1-32-22-13-11-19(12-14-22)24(25-18-29-26-6-3-2-5-23(25)26)17-30-27(31)20-7-9-21(10-8-20)28-33-15-4-16-34-28/h2-3,5-14,18,24,28-29H,4,15-17H2,1H3,(H,30,31). The van der Waals surface area contributed by atoms with Gasteiger partial charge in [0.1, 0.15) is 5.75 Å². The van der Waals surface area contributed by atoms with Crippen LogP contribution in [0.3, 0.4) is 0 Å². The summed E-state index contributed by atoms with van der Waals surface area (Å²) in [5.41, 5.74) is 5.38. The third-order valence-corrected chi connectivity index (χ3v) is 9.27. The Kier molecular flexibility index (Phi) is 7.16. The lowest BCUT2D eigenvalue weighted by Gasteiger charge is -2.21. The van der Waals surface area contributed by atoms with Gasteiger partial charge < -0.3 is 15.0 Å². The highest BCUT2D eigenvalue weighted by molar-refractivity contribution is 8.16. The Labute approximate surface area is 208 Å². The number of nitrogens with one attached hydrogen (secondary N) is 2. The first-order chi connectivity index (χ1) is 16.7. The molecule has 4 nitrogen and oxygen atoms in total. The molecule has 1 aliphatic heterocycles. The molecular weight excluding hydrogens is 460 g/mol. The minimum absolute atomic E-state index is 0.0142. The van der Waals surface area contributed by atoms with E-state index in [1.54, 1.807) is 7.11 Å². The molecule has 1 unspecified atom stereocenters. The predicted molar refractivity (Wildman–Crippen MR) is 144 cm³/mol. The van der Waals surface area contributed by atoms with Gasteiger partial charge in [-0.15, -0.1) is 23.5 Å². The molecule has 3 aromatic carbocycles. The normalized spacial score (nSPS) is 15.2. The maximum Gasteiger partial charge on any atom is 0.251 e. The van der Waals surface area contributed by atoms with Crippen LogP contribution in [0.4, 0.5) is 0 Å². The molecular formula is C28H28N2O2S2. The number of para-hydroxylation sites is 1. The molecule has 0 radical (unpaired) electrons.